The third kappa shape index (κ3) is 5.20. The average Bonchev–Trinajstić information content (AvgIpc) is 2.70. The van der Waals surface area contributed by atoms with Crippen molar-refractivity contribution in [3.05, 3.63) is 40.7 Å². The van der Waals surface area contributed by atoms with Crippen LogP contribution in [0.3, 0.4) is 0 Å². The van der Waals surface area contributed by atoms with Crippen molar-refractivity contribution in [2.24, 2.45) is 17.8 Å². The lowest BCUT2D eigenvalue weighted by molar-refractivity contribution is -0.0164. The van der Waals surface area contributed by atoms with Crippen LogP contribution in [0.4, 0.5) is 13.2 Å². The van der Waals surface area contributed by atoms with E-state index in [0.717, 1.165) is 31.3 Å². The SMILES string of the molecule is CCCC1CCC(C2CCC(/C=C/c3ccc(C)c(F)c3C(F)F)OC2)CC1. The predicted octanol–water partition coefficient (Wildman–Crippen LogP) is 7.49. The Morgan fingerprint density at radius 1 is 1.07 bits per heavy atom. The van der Waals surface area contributed by atoms with Crippen LogP contribution in [0.2, 0.25) is 0 Å². The Morgan fingerprint density at radius 3 is 2.39 bits per heavy atom. The second-order valence-electron chi connectivity index (χ2n) is 8.64. The number of benzene rings is 1. The van der Waals surface area contributed by atoms with Crippen LogP contribution >= 0.6 is 0 Å². The number of hydrogen-bond acceptors (Lipinski definition) is 1. The van der Waals surface area contributed by atoms with E-state index in [9.17, 15) is 13.2 Å². The topological polar surface area (TPSA) is 9.23 Å². The Balaban J connectivity index is 1.53. The van der Waals surface area contributed by atoms with Gasteiger partial charge in [0.25, 0.3) is 6.43 Å². The maximum Gasteiger partial charge on any atom is 0.267 e. The molecule has 1 heterocycles. The van der Waals surface area contributed by atoms with E-state index in [1.54, 1.807) is 18.2 Å². The molecule has 3 rings (SSSR count). The first-order valence-corrected chi connectivity index (χ1v) is 10.9. The summed E-state index contributed by atoms with van der Waals surface area (Å²) in [5.74, 6) is 1.51. The van der Waals surface area contributed by atoms with E-state index in [0.29, 0.717) is 5.92 Å². The molecule has 2 atom stereocenters. The van der Waals surface area contributed by atoms with Gasteiger partial charge in [0.15, 0.2) is 0 Å². The molecule has 1 aliphatic heterocycles. The lowest BCUT2D eigenvalue weighted by atomic mass is 9.73. The van der Waals surface area contributed by atoms with Gasteiger partial charge in [-0.2, -0.15) is 0 Å². The second-order valence-corrected chi connectivity index (χ2v) is 8.64. The Labute approximate surface area is 167 Å². The Bertz CT molecular complexity index is 654. The van der Waals surface area contributed by atoms with Gasteiger partial charge in [0.05, 0.1) is 18.3 Å². The molecule has 1 aromatic carbocycles. The molecule has 0 spiro atoms. The third-order valence-corrected chi connectivity index (χ3v) is 6.72. The molecular weight excluding hydrogens is 361 g/mol. The maximum atomic E-state index is 14.1. The molecule has 1 aliphatic carbocycles. The van der Waals surface area contributed by atoms with Crippen molar-refractivity contribution in [1.29, 1.82) is 0 Å². The zero-order chi connectivity index (χ0) is 20.1. The fraction of sp³-hybridized carbons (Fsp3) is 0.667. The highest BCUT2D eigenvalue weighted by molar-refractivity contribution is 5.56. The van der Waals surface area contributed by atoms with E-state index < -0.39 is 17.8 Å². The Morgan fingerprint density at radius 2 is 1.79 bits per heavy atom. The smallest absolute Gasteiger partial charge is 0.267 e. The fourth-order valence-electron chi connectivity index (χ4n) is 4.97. The van der Waals surface area contributed by atoms with Gasteiger partial charge in [-0.3, -0.25) is 0 Å². The van der Waals surface area contributed by atoms with Gasteiger partial charge in [0.2, 0.25) is 0 Å². The molecule has 1 saturated carbocycles. The van der Waals surface area contributed by atoms with E-state index in [-0.39, 0.29) is 17.2 Å². The summed E-state index contributed by atoms with van der Waals surface area (Å²) in [4.78, 5) is 0. The highest BCUT2D eigenvalue weighted by Gasteiger charge is 2.30. The van der Waals surface area contributed by atoms with Gasteiger partial charge in [-0.15, -0.1) is 0 Å². The summed E-state index contributed by atoms with van der Waals surface area (Å²) in [5.41, 5.74) is -0.00953. The zero-order valence-corrected chi connectivity index (χ0v) is 17.1. The molecule has 0 radical (unpaired) electrons. The lowest BCUT2D eigenvalue weighted by Gasteiger charge is -2.37. The van der Waals surface area contributed by atoms with Gasteiger partial charge in [0.1, 0.15) is 5.82 Å². The van der Waals surface area contributed by atoms with Gasteiger partial charge >= 0.3 is 0 Å². The van der Waals surface area contributed by atoms with Crippen molar-refractivity contribution in [2.75, 3.05) is 6.61 Å². The van der Waals surface area contributed by atoms with E-state index in [1.807, 2.05) is 6.08 Å². The largest absolute Gasteiger partial charge is 0.374 e. The Hall–Kier alpha value is -1.29. The quantitative estimate of drug-likeness (QED) is 0.486. The molecule has 156 valence electrons. The van der Waals surface area contributed by atoms with Gasteiger partial charge in [-0.1, -0.05) is 56.9 Å². The highest BCUT2D eigenvalue weighted by Crippen LogP contribution is 2.39. The number of halogens is 3. The van der Waals surface area contributed by atoms with Crippen LogP contribution < -0.4 is 0 Å². The average molecular weight is 395 g/mol. The molecule has 1 saturated heterocycles. The molecule has 0 bridgehead atoms. The summed E-state index contributed by atoms with van der Waals surface area (Å²) in [6, 6.07) is 3.12. The minimum atomic E-state index is -2.82. The van der Waals surface area contributed by atoms with Gasteiger partial charge in [-0.25, -0.2) is 13.2 Å². The van der Waals surface area contributed by atoms with Crippen molar-refractivity contribution < 1.29 is 17.9 Å². The predicted molar refractivity (Wildman–Crippen MR) is 108 cm³/mol. The molecule has 2 unspecified atom stereocenters. The molecular formula is C24H33F3O. The first-order chi connectivity index (χ1) is 13.5. The second kappa shape index (κ2) is 9.96. The van der Waals surface area contributed by atoms with Crippen LogP contribution in [0.25, 0.3) is 6.08 Å². The summed E-state index contributed by atoms with van der Waals surface area (Å²) in [6.07, 6.45) is 10.6. The molecule has 2 aliphatic rings. The van der Waals surface area contributed by atoms with Crippen LogP contribution in [-0.4, -0.2) is 12.7 Å². The molecule has 0 amide bonds. The number of alkyl halides is 2. The van der Waals surface area contributed by atoms with E-state index in [2.05, 4.69) is 6.92 Å². The molecule has 28 heavy (non-hydrogen) atoms. The molecule has 0 aromatic heterocycles. The fourth-order valence-corrected chi connectivity index (χ4v) is 4.97. The number of rotatable bonds is 6. The van der Waals surface area contributed by atoms with Crippen LogP contribution in [0.15, 0.2) is 18.2 Å². The van der Waals surface area contributed by atoms with Gasteiger partial charge in [0, 0.05) is 0 Å². The summed E-state index contributed by atoms with van der Waals surface area (Å²) >= 11 is 0. The minimum Gasteiger partial charge on any atom is -0.374 e. The first kappa shape index (κ1) is 21.4. The van der Waals surface area contributed by atoms with Crippen LogP contribution in [0.5, 0.6) is 0 Å². The van der Waals surface area contributed by atoms with Crippen LogP contribution in [-0.2, 0) is 4.74 Å². The molecule has 4 heteroatoms. The van der Waals surface area contributed by atoms with Gasteiger partial charge in [-0.05, 0) is 61.5 Å². The maximum absolute atomic E-state index is 14.1. The number of ether oxygens (including phenoxy) is 1. The van der Waals surface area contributed by atoms with Crippen molar-refractivity contribution >= 4 is 6.08 Å². The van der Waals surface area contributed by atoms with Crippen LogP contribution in [0, 0.1) is 30.5 Å². The standard InChI is InChI=1S/C24H33F3O/c1-3-4-17-6-9-18(10-7-17)20-12-14-21(28-15-20)13-11-19-8-5-16(2)23(25)22(19)24(26)27/h5,8,11,13,17-18,20-21,24H,3-4,6-7,9-10,12,14-15H2,1-2H3/b13-11+. The van der Waals surface area contributed by atoms with Crippen molar-refractivity contribution in [1.82, 2.24) is 0 Å². The van der Waals surface area contributed by atoms with E-state index in [1.165, 1.54) is 45.4 Å². The summed E-state index contributed by atoms with van der Waals surface area (Å²) in [5, 5.41) is 0. The van der Waals surface area contributed by atoms with E-state index >= 15 is 0 Å². The Kier molecular flexibility index (Phi) is 7.62. The van der Waals surface area contributed by atoms with Crippen molar-refractivity contribution in [3.8, 4) is 0 Å². The summed E-state index contributed by atoms with van der Waals surface area (Å²) in [7, 11) is 0. The molecule has 1 nitrogen and oxygen atoms in total. The highest BCUT2D eigenvalue weighted by atomic mass is 19.3. The van der Waals surface area contributed by atoms with Crippen molar-refractivity contribution in [2.45, 2.75) is 77.7 Å². The summed E-state index contributed by atoms with van der Waals surface area (Å²) in [6.45, 7) is 4.53. The molecule has 0 N–H and O–H groups in total. The third-order valence-electron chi connectivity index (χ3n) is 6.72. The minimum absolute atomic E-state index is 0.0671. The lowest BCUT2D eigenvalue weighted by Crippen LogP contribution is -2.31. The van der Waals surface area contributed by atoms with Gasteiger partial charge < -0.3 is 4.74 Å². The molecule has 1 aromatic rings. The zero-order valence-electron chi connectivity index (χ0n) is 17.1. The molecule has 2 fully saturated rings. The number of aryl methyl sites for hydroxylation is 1. The van der Waals surface area contributed by atoms with Crippen LogP contribution in [0.1, 0.15) is 81.4 Å². The first-order valence-electron chi connectivity index (χ1n) is 10.9. The number of hydrogen-bond donors (Lipinski definition) is 0. The normalized spacial score (nSPS) is 28.9. The monoisotopic (exact) mass is 394 g/mol. The summed E-state index contributed by atoms with van der Waals surface area (Å²) < 4.78 is 46.6. The van der Waals surface area contributed by atoms with Crippen molar-refractivity contribution in [3.63, 3.8) is 0 Å². The van der Waals surface area contributed by atoms with E-state index in [4.69, 9.17) is 4.74 Å².